The van der Waals surface area contributed by atoms with Crippen LogP contribution in [0.1, 0.15) is 46.8 Å². The Morgan fingerprint density at radius 1 is 1.10 bits per heavy atom. The predicted molar refractivity (Wildman–Crippen MR) is 108 cm³/mol. The lowest BCUT2D eigenvalue weighted by atomic mass is 9.84. The summed E-state index contributed by atoms with van der Waals surface area (Å²) >= 11 is 0. The lowest BCUT2D eigenvalue weighted by Gasteiger charge is -2.22. The maximum atomic E-state index is 13.7. The van der Waals surface area contributed by atoms with Crippen molar-refractivity contribution in [2.24, 2.45) is 5.92 Å². The lowest BCUT2D eigenvalue weighted by Crippen LogP contribution is -2.25. The molecule has 1 heterocycles. The molecule has 2 aromatic carbocycles. The summed E-state index contributed by atoms with van der Waals surface area (Å²) in [5, 5.41) is 9.77. The number of carbonyl (C=O) groups is 2. The van der Waals surface area contributed by atoms with Crippen LogP contribution in [0.4, 0.5) is 13.2 Å². The average molecular weight is 435 g/mol. The molecule has 1 saturated heterocycles. The van der Waals surface area contributed by atoms with Gasteiger partial charge in [-0.1, -0.05) is 42.5 Å². The van der Waals surface area contributed by atoms with Gasteiger partial charge in [0.05, 0.1) is 23.1 Å². The van der Waals surface area contributed by atoms with Gasteiger partial charge in [-0.2, -0.15) is 13.2 Å². The second kappa shape index (κ2) is 9.09. The van der Waals surface area contributed by atoms with Gasteiger partial charge in [-0.3, -0.25) is 9.69 Å². The Labute approximate surface area is 178 Å². The van der Waals surface area contributed by atoms with E-state index in [9.17, 15) is 27.9 Å². The minimum atomic E-state index is -4.78. The topological polar surface area (TPSA) is 66.8 Å². The number of aliphatic carboxylic acids is 1. The molecular formula is C23H24F3NO4. The number of likely N-dealkylation sites (tertiary alicyclic amines) is 1. The number of carboxylic acid groups (broad SMARTS) is 1. The molecule has 0 aromatic heterocycles. The zero-order valence-electron chi connectivity index (χ0n) is 17.2. The van der Waals surface area contributed by atoms with Crippen LogP contribution in [-0.4, -0.2) is 41.1 Å². The van der Waals surface area contributed by atoms with E-state index in [4.69, 9.17) is 4.74 Å². The summed E-state index contributed by atoms with van der Waals surface area (Å²) in [7, 11) is 0. The predicted octanol–water partition coefficient (Wildman–Crippen LogP) is 4.57. The third-order valence-electron chi connectivity index (χ3n) is 5.31. The molecule has 5 nitrogen and oxygen atoms in total. The molecule has 3 rings (SSSR count). The number of hydrogen-bond donors (Lipinski definition) is 1. The zero-order chi connectivity index (χ0) is 22.8. The maximum absolute atomic E-state index is 13.7. The molecule has 1 fully saturated rings. The molecule has 0 radical (unpaired) electrons. The summed E-state index contributed by atoms with van der Waals surface area (Å²) in [5.74, 6) is -3.93. The number of nitrogens with zero attached hydrogens (tertiary/aromatic N) is 1. The summed E-state index contributed by atoms with van der Waals surface area (Å²) < 4.78 is 46.2. The van der Waals surface area contributed by atoms with Gasteiger partial charge < -0.3 is 9.84 Å². The maximum Gasteiger partial charge on any atom is 0.417 e. The number of rotatable bonds is 6. The van der Waals surface area contributed by atoms with E-state index in [0.29, 0.717) is 6.54 Å². The SMILES string of the molecule is CC(C)OC(=O)c1c(C2CN(Cc3ccccc3)CC2C(=O)O)cccc1C(F)(F)F. The molecule has 2 aromatic rings. The smallest absolute Gasteiger partial charge is 0.417 e. The van der Waals surface area contributed by atoms with Gasteiger partial charge in [0.15, 0.2) is 0 Å². The number of carboxylic acids is 1. The standard InChI is InChI=1S/C23H24F3NO4/c1-14(2)31-22(30)20-16(9-6-10-19(20)23(24,25)26)17-12-27(13-18(17)21(28)29)11-15-7-4-3-5-8-15/h3-10,14,17-18H,11-13H2,1-2H3,(H,28,29). The van der Waals surface area contributed by atoms with Crippen LogP contribution in [0, 0.1) is 5.92 Å². The Hall–Kier alpha value is -2.87. The Bertz CT molecular complexity index is 944. The number of alkyl halides is 3. The highest BCUT2D eigenvalue weighted by molar-refractivity contribution is 5.94. The molecule has 166 valence electrons. The van der Waals surface area contributed by atoms with Gasteiger partial charge in [-0.05, 0) is 31.0 Å². The number of ether oxygens (including phenoxy) is 1. The Balaban J connectivity index is 2.02. The van der Waals surface area contributed by atoms with Gasteiger partial charge in [0.1, 0.15) is 0 Å². The monoisotopic (exact) mass is 435 g/mol. The number of benzene rings is 2. The lowest BCUT2D eigenvalue weighted by molar-refractivity contribution is -0.141. The fourth-order valence-corrected chi connectivity index (χ4v) is 4.04. The molecule has 1 aliphatic heterocycles. The van der Waals surface area contributed by atoms with E-state index in [1.807, 2.05) is 35.2 Å². The summed E-state index contributed by atoms with van der Waals surface area (Å²) in [6, 6.07) is 12.8. The van der Waals surface area contributed by atoms with Crippen molar-refractivity contribution >= 4 is 11.9 Å². The summed E-state index contributed by atoms with van der Waals surface area (Å²) in [5.41, 5.74) is -0.679. The van der Waals surface area contributed by atoms with Gasteiger partial charge >= 0.3 is 18.1 Å². The second-order valence-electron chi connectivity index (χ2n) is 7.95. The first kappa shape index (κ1) is 22.8. The molecule has 0 aliphatic carbocycles. The molecule has 0 amide bonds. The summed E-state index contributed by atoms with van der Waals surface area (Å²) in [6.45, 7) is 3.95. The van der Waals surface area contributed by atoms with Crippen LogP contribution in [0.3, 0.4) is 0 Å². The third kappa shape index (κ3) is 5.25. The van der Waals surface area contributed by atoms with Crippen LogP contribution in [-0.2, 0) is 22.3 Å². The van der Waals surface area contributed by atoms with Crippen LogP contribution in [0.15, 0.2) is 48.5 Å². The Kier molecular flexibility index (Phi) is 6.69. The minimum Gasteiger partial charge on any atom is -0.481 e. The normalized spacial score (nSPS) is 19.5. The minimum absolute atomic E-state index is 0.0587. The quantitative estimate of drug-likeness (QED) is 0.674. The van der Waals surface area contributed by atoms with E-state index in [-0.39, 0.29) is 18.7 Å². The van der Waals surface area contributed by atoms with Gasteiger partial charge in [0.25, 0.3) is 0 Å². The second-order valence-corrected chi connectivity index (χ2v) is 7.95. The van der Waals surface area contributed by atoms with Gasteiger partial charge in [-0.15, -0.1) is 0 Å². The van der Waals surface area contributed by atoms with Crippen LogP contribution >= 0.6 is 0 Å². The van der Waals surface area contributed by atoms with Crippen molar-refractivity contribution < 1.29 is 32.6 Å². The molecule has 0 spiro atoms. The van der Waals surface area contributed by atoms with E-state index in [0.717, 1.165) is 11.6 Å². The van der Waals surface area contributed by atoms with Gasteiger partial charge in [0, 0.05) is 25.6 Å². The Morgan fingerprint density at radius 3 is 2.35 bits per heavy atom. The van der Waals surface area contributed by atoms with Crippen LogP contribution in [0.2, 0.25) is 0 Å². The van der Waals surface area contributed by atoms with E-state index in [2.05, 4.69) is 0 Å². The van der Waals surface area contributed by atoms with Crippen molar-refractivity contribution in [3.8, 4) is 0 Å². The molecule has 2 unspecified atom stereocenters. The molecular weight excluding hydrogens is 411 g/mol. The third-order valence-corrected chi connectivity index (χ3v) is 5.31. The highest BCUT2D eigenvalue weighted by Crippen LogP contribution is 2.40. The summed E-state index contributed by atoms with van der Waals surface area (Å²) in [4.78, 5) is 26.5. The Morgan fingerprint density at radius 2 is 1.77 bits per heavy atom. The zero-order valence-corrected chi connectivity index (χ0v) is 17.2. The van der Waals surface area contributed by atoms with Crippen LogP contribution in [0.5, 0.6) is 0 Å². The van der Waals surface area contributed by atoms with E-state index < -0.39 is 47.2 Å². The van der Waals surface area contributed by atoms with Crippen molar-refractivity contribution in [1.29, 1.82) is 0 Å². The van der Waals surface area contributed by atoms with E-state index >= 15 is 0 Å². The first-order chi connectivity index (χ1) is 14.6. The number of carbonyl (C=O) groups excluding carboxylic acids is 1. The van der Waals surface area contributed by atoms with Crippen molar-refractivity contribution in [3.63, 3.8) is 0 Å². The summed E-state index contributed by atoms with van der Waals surface area (Å²) in [6.07, 6.45) is -5.39. The van der Waals surface area contributed by atoms with Crippen molar-refractivity contribution in [1.82, 2.24) is 4.90 Å². The van der Waals surface area contributed by atoms with Crippen LogP contribution < -0.4 is 0 Å². The first-order valence-electron chi connectivity index (χ1n) is 9.98. The molecule has 0 saturated carbocycles. The van der Waals surface area contributed by atoms with E-state index in [1.54, 1.807) is 13.8 Å². The highest BCUT2D eigenvalue weighted by atomic mass is 19.4. The molecule has 1 aliphatic rings. The van der Waals surface area contributed by atoms with E-state index in [1.165, 1.54) is 12.1 Å². The molecule has 2 atom stereocenters. The highest BCUT2D eigenvalue weighted by Gasteiger charge is 2.43. The largest absolute Gasteiger partial charge is 0.481 e. The average Bonchev–Trinajstić information content (AvgIpc) is 3.11. The number of esters is 1. The molecule has 1 N–H and O–H groups in total. The van der Waals surface area contributed by atoms with Gasteiger partial charge in [0.2, 0.25) is 0 Å². The van der Waals surface area contributed by atoms with Crippen LogP contribution in [0.25, 0.3) is 0 Å². The first-order valence-corrected chi connectivity index (χ1v) is 9.98. The van der Waals surface area contributed by atoms with Crippen molar-refractivity contribution in [2.45, 2.75) is 38.6 Å². The molecule has 8 heteroatoms. The van der Waals surface area contributed by atoms with Crippen molar-refractivity contribution in [2.75, 3.05) is 13.1 Å². The van der Waals surface area contributed by atoms with Crippen molar-refractivity contribution in [3.05, 3.63) is 70.8 Å². The number of hydrogen-bond acceptors (Lipinski definition) is 4. The fraction of sp³-hybridized carbons (Fsp3) is 0.391. The number of halogens is 3. The fourth-order valence-electron chi connectivity index (χ4n) is 4.04. The molecule has 31 heavy (non-hydrogen) atoms. The molecule has 0 bridgehead atoms. The van der Waals surface area contributed by atoms with Gasteiger partial charge in [-0.25, -0.2) is 4.79 Å².